The molecule has 1 unspecified atom stereocenters. The molecule has 1 atom stereocenters. The lowest BCUT2D eigenvalue weighted by Gasteiger charge is -1.91. The summed E-state index contributed by atoms with van der Waals surface area (Å²) in [4.78, 5) is 3.25. The fourth-order valence-electron chi connectivity index (χ4n) is 1.43. The number of aliphatic hydroxyl groups excluding tert-OH is 1. The molecule has 2 heteroatoms. The number of para-hydroxylation sites is 1. The van der Waals surface area contributed by atoms with Gasteiger partial charge >= 0.3 is 0 Å². The van der Waals surface area contributed by atoms with Crippen LogP contribution in [0.1, 0.15) is 26.5 Å². The second-order valence-electron chi connectivity index (χ2n) is 3.41. The van der Waals surface area contributed by atoms with Gasteiger partial charge in [0.05, 0.1) is 6.10 Å². The predicted octanol–water partition coefficient (Wildman–Crippen LogP) is 3.59. The summed E-state index contributed by atoms with van der Waals surface area (Å²) in [5.74, 6) is 0. The Morgan fingerprint density at radius 3 is 2.56 bits per heavy atom. The first-order valence-corrected chi connectivity index (χ1v) is 5.70. The molecule has 0 bridgehead atoms. The molecule has 2 nitrogen and oxygen atoms in total. The van der Waals surface area contributed by atoms with E-state index in [0.717, 1.165) is 11.2 Å². The third kappa shape index (κ3) is 3.24. The number of nitrogens with one attached hydrogen (secondary N) is 1. The highest BCUT2D eigenvalue weighted by atomic mass is 16.3. The molecular formula is C14H19NO. The maximum Gasteiger partial charge on any atom is 0.0696 e. The zero-order valence-electron chi connectivity index (χ0n) is 10.1. The van der Waals surface area contributed by atoms with E-state index in [1.807, 2.05) is 38.1 Å². The molecule has 0 fully saturated rings. The molecular weight excluding hydrogens is 198 g/mol. The van der Waals surface area contributed by atoms with Crippen LogP contribution < -0.4 is 0 Å². The Labute approximate surface area is 96.6 Å². The summed E-state index contributed by atoms with van der Waals surface area (Å²) in [5, 5.41) is 10.3. The fraction of sp³-hybridized carbons (Fsp3) is 0.286. The topological polar surface area (TPSA) is 36.0 Å². The molecule has 0 amide bonds. The molecule has 0 aliphatic heterocycles. The van der Waals surface area contributed by atoms with Crippen molar-refractivity contribution in [2.24, 2.45) is 0 Å². The van der Waals surface area contributed by atoms with Crippen LogP contribution in [0.3, 0.4) is 0 Å². The van der Waals surface area contributed by atoms with Gasteiger partial charge in [-0.25, -0.2) is 0 Å². The van der Waals surface area contributed by atoms with Crippen molar-refractivity contribution in [3.8, 4) is 0 Å². The van der Waals surface area contributed by atoms with Crippen LogP contribution >= 0.6 is 0 Å². The van der Waals surface area contributed by atoms with Gasteiger partial charge in [0.1, 0.15) is 0 Å². The van der Waals surface area contributed by atoms with Gasteiger partial charge in [0.15, 0.2) is 0 Å². The Balaban J connectivity index is 0.000000606. The largest absolute Gasteiger partial charge is 0.389 e. The second-order valence-corrected chi connectivity index (χ2v) is 3.41. The minimum absolute atomic E-state index is 0.401. The number of aromatic amines is 1. The van der Waals surface area contributed by atoms with Gasteiger partial charge in [0, 0.05) is 11.2 Å². The van der Waals surface area contributed by atoms with Crippen LogP contribution in [0.5, 0.6) is 0 Å². The van der Waals surface area contributed by atoms with E-state index < -0.39 is 6.10 Å². The summed E-state index contributed by atoms with van der Waals surface area (Å²) >= 11 is 0. The van der Waals surface area contributed by atoms with Crippen molar-refractivity contribution < 1.29 is 5.11 Å². The highest BCUT2D eigenvalue weighted by Crippen LogP contribution is 2.15. The normalized spacial score (nSPS) is 12.5. The summed E-state index contributed by atoms with van der Waals surface area (Å²) in [7, 11) is 0. The molecule has 2 aromatic rings. The third-order valence-electron chi connectivity index (χ3n) is 2.11. The maximum atomic E-state index is 9.09. The standard InChI is InChI=1S/C12H13NO.C2H6/c1-9(14)6-7-11-8-10-4-2-3-5-12(10)13-11;1-2/h2-9,13-14H,1H3;1-2H3/b7-6+;. The van der Waals surface area contributed by atoms with E-state index in [1.165, 1.54) is 5.39 Å². The van der Waals surface area contributed by atoms with Gasteiger partial charge in [-0.15, -0.1) is 0 Å². The quantitative estimate of drug-likeness (QED) is 0.792. The van der Waals surface area contributed by atoms with E-state index in [-0.39, 0.29) is 0 Å². The average Bonchev–Trinajstić information content (AvgIpc) is 2.71. The summed E-state index contributed by atoms with van der Waals surface area (Å²) < 4.78 is 0. The molecule has 1 aromatic heterocycles. The number of aliphatic hydroxyl groups is 1. The molecule has 0 spiro atoms. The van der Waals surface area contributed by atoms with Gasteiger partial charge in [-0.05, 0) is 30.5 Å². The molecule has 0 aliphatic carbocycles. The molecule has 2 rings (SSSR count). The number of hydrogen-bond donors (Lipinski definition) is 2. The van der Waals surface area contributed by atoms with E-state index in [0.29, 0.717) is 0 Å². The summed E-state index contributed by atoms with van der Waals surface area (Å²) in [6.07, 6.45) is 3.25. The fourth-order valence-corrected chi connectivity index (χ4v) is 1.43. The summed E-state index contributed by atoms with van der Waals surface area (Å²) in [5.41, 5.74) is 2.14. The monoisotopic (exact) mass is 217 g/mol. The molecule has 86 valence electrons. The number of hydrogen-bond acceptors (Lipinski definition) is 1. The average molecular weight is 217 g/mol. The molecule has 0 aliphatic rings. The minimum atomic E-state index is -0.401. The highest BCUT2D eigenvalue weighted by Gasteiger charge is 1.96. The van der Waals surface area contributed by atoms with Crippen LogP contribution in [0.4, 0.5) is 0 Å². The van der Waals surface area contributed by atoms with Crippen LogP contribution in [0, 0.1) is 0 Å². The van der Waals surface area contributed by atoms with Crippen molar-refractivity contribution in [3.05, 3.63) is 42.1 Å². The Morgan fingerprint density at radius 2 is 1.94 bits per heavy atom. The molecule has 0 saturated carbocycles. The van der Waals surface area contributed by atoms with E-state index in [2.05, 4.69) is 17.1 Å². The van der Waals surface area contributed by atoms with Crippen LogP contribution in [-0.2, 0) is 0 Å². The lowest BCUT2D eigenvalue weighted by Crippen LogP contribution is -1.91. The van der Waals surface area contributed by atoms with Crippen molar-refractivity contribution in [1.82, 2.24) is 4.98 Å². The van der Waals surface area contributed by atoms with Crippen molar-refractivity contribution in [2.45, 2.75) is 26.9 Å². The third-order valence-corrected chi connectivity index (χ3v) is 2.11. The number of fused-ring (bicyclic) bond motifs is 1. The number of H-pyrrole nitrogens is 1. The number of aromatic nitrogens is 1. The summed E-state index contributed by atoms with van der Waals surface area (Å²) in [6, 6.07) is 10.2. The SMILES string of the molecule is CC.CC(O)/C=C/c1cc2ccccc2[nH]1. The van der Waals surface area contributed by atoms with Crippen molar-refractivity contribution in [3.63, 3.8) is 0 Å². The molecule has 0 saturated heterocycles. The molecule has 1 heterocycles. The minimum Gasteiger partial charge on any atom is -0.389 e. The van der Waals surface area contributed by atoms with Crippen molar-refractivity contribution in [1.29, 1.82) is 0 Å². The number of rotatable bonds is 2. The maximum absolute atomic E-state index is 9.09. The van der Waals surface area contributed by atoms with Gasteiger partial charge in [-0.1, -0.05) is 38.1 Å². The Kier molecular flexibility index (Phi) is 4.80. The van der Waals surface area contributed by atoms with Gasteiger partial charge in [0.25, 0.3) is 0 Å². The zero-order valence-corrected chi connectivity index (χ0v) is 10.1. The van der Waals surface area contributed by atoms with Gasteiger partial charge < -0.3 is 10.1 Å². The summed E-state index contributed by atoms with van der Waals surface area (Å²) in [6.45, 7) is 5.74. The Hall–Kier alpha value is -1.54. The molecule has 0 radical (unpaired) electrons. The van der Waals surface area contributed by atoms with Gasteiger partial charge in [-0.3, -0.25) is 0 Å². The number of benzene rings is 1. The molecule has 1 aromatic carbocycles. The van der Waals surface area contributed by atoms with E-state index >= 15 is 0 Å². The zero-order chi connectivity index (χ0) is 12.0. The van der Waals surface area contributed by atoms with E-state index in [4.69, 9.17) is 5.11 Å². The van der Waals surface area contributed by atoms with Crippen LogP contribution in [0.15, 0.2) is 36.4 Å². The molecule has 16 heavy (non-hydrogen) atoms. The van der Waals surface area contributed by atoms with Crippen molar-refractivity contribution >= 4 is 17.0 Å². The van der Waals surface area contributed by atoms with Crippen molar-refractivity contribution in [2.75, 3.05) is 0 Å². The van der Waals surface area contributed by atoms with E-state index in [1.54, 1.807) is 13.0 Å². The smallest absolute Gasteiger partial charge is 0.0696 e. The molecule has 2 N–H and O–H groups in total. The van der Waals surface area contributed by atoms with Crippen LogP contribution in [0.25, 0.3) is 17.0 Å². The van der Waals surface area contributed by atoms with E-state index in [9.17, 15) is 0 Å². The first-order chi connectivity index (χ1) is 7.75. The first kappa shape index (κ1) is 12.5. The predicted molar refractivity (Wildman–Crippen MR) is 70.4 cm³/mol. The van der Waals surface area contributed by atoms with Gasteiger partial charge in [-0.2, -0.15) is 0 Å². The van der Waals surface area contributed by atoms with Crippen LogP contribution in [0.2, 0.25) is 0 Å². The highest BCUT2D eigenvalue weighted by molar-refractivity contribution is 5.82. The van der Waals surface area contributed by atoms with Gasteiger partial charge in [0.2, 0.25) is 0 Å². The lowest BCUT2D eigenvalue weighted by atomic mass is 10.2. The Morgan fingerprint density at radius 1 is 1.25 bits per heavy atom. The lowest BCUT2D eigenvalue weighted by molar-refractivity contribution is 0.245. The first-order valence-electron chi connectivity index (χ1n) is 5.70. The second kappa shape index (κ2) is 6.13. The van der Waals surface area contributed by atoms with Crippen LogP contribution in [-0.4, -0.2) is 16.2 Å². The Bertz CT molecular complexity index is 421.